The summed E-state index contributed by atoms with van der Waals surface area (Å²) in [4.78, 5) is 12.8. The molecule has 1 fully saturated rings. The number of aryl methyl sites for hydroxylation is 1. The average Bonchev–Trinajstić information content (AvgIpc) is 2.98. The van der Waals surface area contributed by atoms with Crippen molar-refractivity contribution in [3.8, 4) is 11.6 Å². The summed E-state index contributed by atoms with van der Waals surface area (Å²) in [6, 6.07) is 0.150. The minimum Gasteiger partial charge on any atom is -0.337 e. The van der Waals surface area contributed by atoms with E-state index in [1.54, 1.807) is 12.4 Å². The van der Waals surface area contributed by atoms with Crippen LogP contribution in [0.2, 0.25) is 0 Å². The Labute approximate surface area is 105 Å². The Hall–Kier alpha value is -1.82. The number of hydrogen-bond acceptors (Lipinski definition) is 6. The number of nitrogens with one attached hydrogen (secondary N) is 1. The molecular weight excluding hydrogens is 230 g/mol. The maximum absolute atomic E-state index is 5.30. The molecule has 0 aliphatic carbocycles. The van der Waals surface area contributed by atoms with Crippen LogP contribution in [0.15, 0.2) is 16.9 Å². The fraction of sp³-hybridized carbons (Fsp3) is 0.500. The van der Waals surface area contributed by atoms with Crippen molar-refractivity contribution in [2.75, 3.05) is 6.54 Å². The van der Waals surface area contributed by atoms with E-state index in [1.807, 2.05) is 6.92 Å². The third-order valence-corrected chi connectivity index (χ3v) is 3.22. The van der Waals surface area contributed by atoms with E-state index >= 15 is 0 Å². The molecule has 3 rings (SSSR count). The fourth-order valence-electron chi connectivity index (χ4n) is 2.13. The summed E-state index contributed by atoms with van der Waals surface area (Å²) in [6.07, 6.45) is 4.62. The van der Waals surface area contributed by atoms with Crippen LogP contribution in [0.5, 0.6) is 0 Å². The van der Waals surface area contributed by atoms with Crippen molar-refractivity contribution in [2.24, 2.45) is 5.92 Å². The highest BCUT2D eigenvalue weighted by molar-refractivity contribution is 5.41. The summed E-state index contributed by atoms with van der Waals surface area (Å²) in [6.45, 7) is 5.11. The summed E-state index contributed by atoms with van der Waals surface area (Å²) >= 11 is 0. The molecule has 0 radical (unpaired) electrons. The van der Waals surface area contributed by atoms with Crippen molar-refractivity contribution in [1.29, 1.82) is 0 Å². The van der Waals surface area contributed by atoms with Gasteiger partial charge in [-0.15, -0.1) is 0 Å². The van der Waals surface area contributed by atoms with Gasteiger partial charge in [0.2, 0.25) is 17.5 Å². The van der Waals surface area contributed by atoms with Gasteiger partial charge in [0.05, 0.1) is 6.04 Å². The molecule has 2 atom stereocenters. The zero-order valence-corrected chi connectivity index (χ0v) is 10.4. The zero-order valence-electron chi connectivity index (χ0n) is 10.4. The van der Waals surface area contributed by atoms with Crippen LogP contribution in [-0.4, -0.2) is 26.7 Å². The van der Waals surface area contributed by atoms with E-state index in [4.69, 9.17) is 4.52 Å². The van der Waals surface area contributed by atoms with Gasteiger partial charge in [0.15, 0.2) is 0 Å². The van der Waals surface area contributed by atoms with Crippen molar-refractivity contribution in [3.05, 3.63) is 23.8 Å². The van der Waals surface area contributed by atoms with Crippen molar-refractivity contribution >= 4 is 0 Å². The molecule has 1 aliphatic heterocycles. The summed E-state index contributed by atoms with van der Waals surface area (Å²) in [5, 5.41) is 7.30. The average molecular weight is 245 g/mol. The maximum Gasteiger partial charge on any atom is 0.244 e. The van der Waals surface area contributed by atoms with Gasteiger partial charge in [-0.3, -0.25) is 0 Å². The second kappa shape index (κ2) is 4.45. The van der Waals surface area contributed by atoms with Crippen LogP contribution in [0.4, 0.5) is 0 Å². The molecule has 0 bridgehead atoms. The predicted octanol–water partition coefficient (Wildman–Crippen LogP) is 1.51. The number of nitrogens with zero attached hydrogens (tertiary/aromatic N) is 4. The highest BCUT2D eigenvalue weighted by Crippen LogP contribution is 2.28. The lowest BCUT2D eigenvalue weighted by atomic mass is 10.0. The Morgan fingerprint density at radius 3 is 2.72 bits per heavy atom. The molecule has 2 aromatic heterocycles. The van der Waals surface area contributed by atoms with Crippen molar-refractivity contribution in [3.63, 3.8) is 0 Å². The van der Waals surface area contributed by atoms with Gasteiger partial charge in [0.25, 0.3) is 0 Å². The van der Waals surface area contributed by atoms with E-state index in [9.17, 15) is 0 Å². The van der Waals surface area contributed by atoms with Crippen LogP contribution in [0.3, 0.4) is 0 Å². The highest BCUT2D eigenvalue weighted by Gasteiger charge is 2.29. The van der Waals surface area contributed by atoms with Crippen LogP contribution in [0.25, 0.3) is 11.6 Å². The van der Waals surface area contributed by atoms with Crippen LogP contribution < -0.4 is 5.32 Å². The SMILES string of the molecule is Cc1cnc(-c2noc(C3NCCC3C)n2)nc1. The van der Waals surface area contributed by atoms with Crippen LogP contribution in [-0.2, 0) is 0 Å². The second-order valence-electron chi connectivity index (χ2n) is 4.74. The number of rotatable bonds is 2. The van der Waals surface area contributed by atoms with Gasteiger partial charge in [0.1, 0.15) is 0 Å². The molecule has 6 heteroatoms. The van der Waals surface area contributed by atoms with E-state index in [-0.39, 0.29) is 6.04 Å². The summed E-state index contributed by atoms with van der Waals surface area (Å²) < 4.78 is 5.30. The molecule has 0 aromatic carbocycles. The largest absolute Gasteiger partial charge is 0.337 e. The molecule has 0 amide bonds. The van der Waals surface area contributed by atoms with E-state index in [0.29, 0.717) is 23.5 Å². The molecule has 94 valence electrons. The number of aromatic nitrogens is 4. The molecule has 1 saturated heterocycles. The Morgan fingerprint density at radius 1 is 1.28 bits per heavy atom. The van der Waals surface area contributed by atoms with E-state index in [0.717, 1.165) is 18.5 Å². The molecule has 1 N–H and O–H groups in total. The van der Waals surface area contributed by atoms with E-state index < -0.39 is 0 Å². The predicted molar refractivity (Wildman–Crippen MR) is 64.6 cm³/mol. The van der Waals surface area contributed by atoms with Crippen LogP contribution >= 0.6 is 0 Å². The van der Waals surface area contributed by atoms with Gasteiger partial charge in [-0.05, 0) is 31.4 Å². The lowest BCUT2D eigenvalue weighted by Gasteiger charge is -2.08. The number of hydrogen-bond donors (Lipinski definition) is 1. The third kappa shape index (κ3) is 1.99. The van der Waals surface area contributed by atoms with Gasteiger partial charge < -0.3 is 9.84 Å². The summed E-state index contributed by atoms with van der Waals surface area (Å²) in [5.74, 6) is 2.09. The lowest BCUT2D eigenvalue weighted by molar-refractivity contribution is 0.319. The van der Waals surface area contributed by atoms with Crippen molar-refractivity contribution in [1.82, 2.24) is 25.4 Å². The zero-order chi connectivity index (χ0) is 12.5. The Kier molecular flexibility index (Phi) is 2.79. The Balaban J connectivity index is 1.87. The first-order valence-corrected chi connectivity index (χ1v) is 6.10. The third-order valence-electron chi connectivity index (χ3n) is 3.22. The summed E-state index contributed by atoms with van der Waals surface area (Å²) in [5.41, 5.74) is 1.01. The normalized spacial score (nSPS) is 23.4. The van der Waals surface area contributed by atoms with Gasteiger partial charge in [0, 0.05) is 12.4 Å². The highest BCUT2D eigenvalue weighted by atomic mass is 16.5. The summed E-state index contributed by atoms with van der Waals surface area (Å²) in [7, 11) is 0. The van der Waals surface area contributed by atoms with Gasteiger partial charge in [-0.2, -0.15) is 4.98 Å². The quantitative estimate of drug-likeness (QED) is 0.864. The Morgan fingerprint density at radius 2 is 2.06 bits per heavy atom. The first-order chi connectivity index (χ1) is 8.74. The van der Waals surface area contributed by atoms with Crippen LogP contribution in [0, 0.1) is 12.8 Å². The molecular formula is C12H15N5O. The first kappa shape index (κ1) is 11.3. The van der Waals surface area contributed by atoms with Crippen molar-refractivity contribution < 1.29 is 4.52 Å². The van der Waals surface area contributed by atoms with Gasteiger partial charge in [-0.1, -0.05) is 12.1 Å². The molecule has 0 saturated carbocycles. The van der Waals surface area contributed by atoms with E-state index in [2.05, 4.69) is 32.3 Å². The van der Waals surface area contributed by atoms with Crippen molar-refractivity contribution in [2.45, 2.75) is 26.3 Å². The fourth-order valence-corrected chi connectivity index (χ4v) is 2.13. The molecule has 0 spiro atoms. The monoisotopic (exact) mass is 245 g/mol. The van der Waals surface area contributed by atoms with Crippen LogP contribution in [0.1, 0.15) is 30.8 Å². The lowest BCUT2D eigenvalue weighted by Crippen LogP contribution is -2.16. The molecule has 18 heavy (non-hydrogen) atoms. The molecule has 2 aromatic rings. The Bertz CT molecular complexity index is 536. The van der Waals surface area contributed by atoms with Gasteiger partial charge in [-0.25, -0.2) is 9.97 Å². The minimum absolute atomic E-state index is 0.150. The van der Waals surface area contributed by atoms with Gasteiger partial charge >= 0.3 is 0 Å². The minimum atomic E-state index is 0.150. The smallest absolute Gasteiger partial charge is 0.244 e. The standard InChI is InChI=1S/C12H15N5O/c1-7-5-14-10(15-6-7)11-16-12(18-17-11)9-8(2)3-4-13-9/h5-6,8-9,13H,3-4H2,1-2H3. The molecule has 3 heterocycles. The maximum atomic E-state index is 5.30. The molecule has 6 nitrogen and oxygen atoms in total. The van der Waals surface area contributed by atoms with E-state index in [1.165, 1.54) is 0 Å². The second-order valence-corrected chi connectivity index (χ2v) is 4.74. The first-order valence-electron chi connectivity index (χ1n) is 6.10. The topological polar surface area (TPSA) is 76.7 Å². The molecule has 1 aliphatic rings. The molecule has 2 unspecified atom stereocenters.